The van der Waals surface area contributed by atoms with E-state index in [1.54, 1.807) is 6.08 Å². The third-order valence-corrected chi connectivity index (χ3v) is 16.7. The minimum absolute atomic E-state index is 0.198. The van der Waals surface area contributed by atoms with Crippen LogP contribution in [0.1, 0.15) is 309 Å². The summed E-state index contributed by atoms with van der Waals surface area (Å²) in [5.74, 6) is -0.198. The molecule has 0 bridgehead atoms. The standard InChI is InChI=1S/C80H137NO8/c1-3-5-7-9-11-13-15-17-19-21-23-25-27-29-31-33-35-36-37-38-40-42-44-46-48-50-52-54-56-58-60-62-64-66-68-70-76(84)81-73(72-88-80-79(87)78(86)77(85)75(71-82)89-80)74(83)69-67-65-63-61-59-57-55-53-51-49-47-45-43-41-39-34-32-30-28-26-24-22-20-18-16-14-12-10-8-6-4-2/h5,7,11,13,17,19,23,25,29,31,35-36,38,40,44,46,51,53,59,61,67,69,73-75,77-80,82-83,85-87H,3-4,6,8-10,12,14-16,18,20-22,24,26-28,30,32-34,37,39,41-43,45,47-50,52,54-58,60,62-66,68,70-72H2,1-2H3,(H,81,84)/b7-5-,13-11-,19-17-,25-23-,31-29-,36-35-,40-38-,46-44-,53-51+,61-59+,69-67+. The normalized spacial score (nSPS) is 18.7. The first-order chi connectivity index (χ1) is 43.8. The summed E-state index contributed by atoms with van der Waals surface area (Å²) in [5.41, 5.74) is 0. The summed E-state index contributed by atoms with van der Waals surface area (Å²) in [7, 11) is 0. The van der Waals surface area contributed by atoms with Crippen LogP contribution in [0, 0.1) is 0 Å². The summed E-state index contributed by atoms with van der Waals surface area (Å²) < 4.78 is 11.3. The molecule has 6 N–H and O–H groups in total. The van der Waals surface area contributed by atoms with Crippen LogP contribution >= 0.6 is 0 Å². The number of carbonyl (C=O) groups is 1. The van der Waals surface area contributed by atoms with Crippen molar-refractivity contribution in [2.24, 2.45) is 0 Å². The van der Waals surface area contributed by atoms with Crippen LogP contribution < -0.4 is 5.32 Å². The van der Waals surface area contributed by atoms with E-state index in [4.69, 9.17) is 9.47 Å². The molecule has 1 aliphatic rings. The molecule has 1 amide bonds. The molecule has 0 spiro atoms. The van der Waals surface area contributed by atoms with Crippen molar-refractivity contribution in [2.45, 2.75) is 352 Å². The molecule has 1 aliphatic heterocycles. The van der Waals surface area contributed by atoms with Gasteiger partial charge in [0.15, 0.2) is 6.29 Å². The summed E-state index contributed by atoms with van der Waals surface area (Å²) in [4.78, 5) is 13.1. The fourth-order valence-corrected chi connectivity index (χ4v) is 11.0. The number of hydrogen-bond donors (Lipinski definition) is 6. The molecule has 0 radical (unpaired) electrons. The molecule has 0 aromatic heterocycles. The third kappa shape index (κ3) is 55.7. The summed E-state index contributed by atoms with van der Waals surface area (Å²) >= 11 is 0. The van der Waals surface area contributed by atoms with E-state index in [1.807, 2.05) is 6.08 Å². The molecule has 0 aromatic carbocycles. The van der Waals surface area contributed by atoms with Gasteiger partial charge in [-0.3, -0.25) is 4.79 Å². The van der Waals surface area contributed by atoms with Crippen LogP contribution in [0.5, 0.6) is 0 Å². The number of aliphatic hydroxyl groups excluding tert-OH is 5. The van der Waals surface area contributed by atoms with Gasteiger partial charge in [-0.25, -0.2) is 0 Å². The van der Waals surface area contributed by atoms with Crippen LogP contribution in [0.3, 0.4) is 0 Å². The van der Waals surface area contributed by atoms with Gasteiger partial charge < -0.3 is 40.3 Å². The lowest BCUT2D eigenvalue weighted by Gasteiger charge is -2.40. The Morgan fingerprint density at radius 3 is 1.08 bits per heavy atom. The predicted molar refractivity (Wildman–Crippen MR) is 382 cm³/mol. The van der Waals surface area contributed by atoms with E-state index in [9.17, 15) is 30.3 Å². The maximum Gasteiger partial charge on any atom is 0.220 e. The first-order valence-electron chi connectivity index (χ1n) is 36.9. The summed E-state index contributed by atoms with van der Waals surface area (Å²) in [5, 5.41) is 54.8. The maximum atomic E-state index is 13.1. The molecule has 1 fully saturated rings. The number of amides is 1. The highest BCUT2D eigenvalue weighted by molar-refractivity contribution is 5.76. The number of carbonyl (C=O) groups excluding carboxylic acids is 1. The van der Waals surface area contributed by atoms with Gasteiger partial charge in [-0.05, 0) is 109 Å². The Balaban J connectivity index is 2.17. The molecule has 1 heterocycles. The van der Waals surface area contributed by atoms with Gasteiger partial charge in [-0.15, -0.1) is 0 Å². The summed E-state index contributed by atoms with van der Waals surface area (Å²) in [6, 6.07) is -0.842. The van der Waals surface area contributed by atoms with Crippen molar-refractivity contribution in [3.05, 3.63) is 134 Å². The topological polar surface area (TPSA) is 149 Å². The Labute approximate surface area is 547 Å². The Morgan fingerprint density at radius 1 is 0.393 bits per heavy atom. The zero-order valence-electron chi connectivity index (χ0n) is 57.1. The van der Waals surface area contributed by atoms with Crippen LogP contribution in [0.4, 0.5) is 0 Å². The molecule has 7 atom stereocenters. The Bertz CT molecular complexity index is 1870. The van der Waals surface area contributed by atoms with E-state index in [0.29, 0.717) is 6.42 Å². The van der Waals surface area contributed by atoms with E-state index >= 15 is 0 Å². The Kier molecular flexibility index (Phi) is 63.0. The first kappa shape index (κ1) is 83.3. The highest BCUT2D eigenvalue weighted by Crippen LogP contribution is 2.23. The predicted octanol–water partition coefficient (Wildman–Crippen LogP) is 20.8. The van der Waals surface area contributed by atoms with Crippen molar-refractivity contribution in [1.82, 2.24) is 5.32 Å². The highest BCUT2D eigenvalue weighted by Gasteiger charge is 2.44. The number of rotatable bonds is 63. The smallest absolute Gasteiger partial charge is 0.220 e. The molecule has 7 unspecified atom stereocenters. The minimum Gasteiger partial charge on any atom is -0.394 e. The van der Waals surface area contributed by atoms with E-state index in [1.165, 1.54) is 180 Å². The van der Waals surface area contributed by atoms with Crippen LogP contribution in [0.2, 0.25) is 0 Å². The second-order valence-electron chi connectivity index (χ2n) is 25.0. The Morgan fingerprint density at radius 2 is 0.708 bits per heavy atom. The second kappa shape index (κ2) is 67.2. The molecule has 89 heavy (non-hydrogen) atoms. The molecular formula is C80H137NO8. The largest absolute Gasteiger partial charge is 0.394 e. The van der Waals surface area contributed by atoms with E-state index in [0.717, 1.165) is 109 Å². The third-order valence-electron chi connectivity index (χ3n) is 16.7. The number of hydrogen-bond acceptors (Lipinski definition) is 8. The molecule has 0 aromatic rings. The number of aliphatic hydroxyl groups is 5. The van der Waals surface area contributed by atoms with Crippen molar-refractivity contribution in [1.29, 1.82) is 0 Å². The fourth-order valence-electron chi connectivity index (χ4n) is 11.0. The van der Waals surface area contributed by atoms with Gasteiger partial charge in [-0.2, -0.15) is 0 Å². The molecule has 0 saturated carbocycles. The van der Waals surface area contributed by atoms with Gasteiger partial charge in [0, 0.05) is 6.42 Å². The average Bonchev–Trinajstić information content (AvgIpc) is 2.28. The van der Waals surface area contributed by atoms with Gasteiger partial charge >= 0.3 is 0 Å². The van der Waals surface area contributed by atoms with Crippen LogP contribution in [-0.2, 0) is 14.3 Å². The Hall–Kier alpha value is -3.67. The molecule has 1 rings (SSSR count). The van der Waals surface area contributed by atoms with Crippen LogP contribution in [0.25, 0.3) is 0 Å². The fraction of sp³-hybridized carbons (Fsp3) is 0.713. The van der Waals surface area contributed by atoms with Gasteiger partial charge in [0.1, 0.15) is 24.4 Å². The summed E-state index contributed by atoms with van der Waals surface area (Å²) in [6.07, 6.45) is 95.6. The molecule has 9 nitrogen and oxygen atoms in total. The summed E-state index contributed by atoms with van der Waals surface area (Å²) in [6.45, 7) is 3.66. The van der Waals surface area contributed by atoms with Gasteiger partial charge in [-0.1, -0.05) is 327 Å². The van der Waals surface area contributed by atoms with Crippen molar-refractivity contribution in [2.75, 3.05) is 13.2 Å². The van der Waals surface area contributed by atoms with Crippen molar-refractivity contribution in [3.8, 4) is 0 Å². The van der Waals surface area contributed by atoms with Crippen molar-refractivity contribution < 1.29 is 39.8 Å². The van der Waals surface area contributed by atoms with E-state index in [-0.39, 0.29) is 12.5 Å². The van der Waals surface area contributed by atoms with Gasteiger partial charge in [0.2, 0.25) is 5.91 Å². The lowest BCUT2D eigenvalue weighted by atomic mass is 9.99. The molecule has 9 heteroatoms. The highest BCUT2D eigenvalue weighted by atomic mass is 16.7. The monoisotopic (exact) mass is 1240 g/mol. The lowest BCUT2D eigenvalue weighted by Crippen LogP contribution is -2.60. The number of allylic oxidation sites excluding steroid dienone is 21. The van der Waals surface area contributed by atoms with Gasteiger partial charge in [0.05, 0.1) is 25.4 Å². The zero-order chi connectivity index (χ0) is 64.2. The minimum atomic E-state index is -1.58. The maximum absolute atomic E-state index is 13.1. The lowest BCUT2D eigenvalue weighted by molar-refractivity contribution is -0.302. The van der Waals surface area contributed by atoms with E-state index < -0.39 is 49.5 Å². The van der Waals surface area contributed by atoms with Gasteiger partial charge in [0.25, 0.3) is 0 Å². The van der Waals surface area contributed by atoms with Crippen LogP contribution in [0.15, 0.2) is 134 Å². The van der Waals surface area contributed by atoms with Crippen molar-refractivity contribution >= 4 is 5.91 Å². The van der Waals surface area contributed by atoms with E-state index in [2.05, 4.69) is 141 Å². The quantitative estimate of drug-likeness (QED) is 0.0261. The number of unbranched alkanes of at least 4 members (excludes halogenated alkanes) is 33. The average molecular weight is 1240 g/mol. The first-order valence-corrected chi connectivity index (χ1v) is 36.9. The zero-order valence-corrected chi connectivity index (χ0v) is 57.1. The number of ether oxygens (including phenoxy) is 2. The molecule has 1 saturated heterocycles. The number of nitrogens with one attached hydrogen (secondary N) is 1. The molecular weight excluding hydrogens is 1100 g/mol. The molecule has 510 valence electrons. The van der Waals surface area contributed by atoms with Crippen LogP contribution in [-0.4, -0.2) is 87.5 Å². The van der Waals surface area contributed by atoms with Crippen molar-refractivity contribution in [3.63, 3.8) is 0 Å². The SMILES string of the molecule is CC/C=C\C/C=C\C/C=C\C/C=C\C/C=C\C/C=C\C/C=C\C/C=C\CCCCCCCCCCCCC(=O)NC(COC1OC(CO)C(O)C(O)C1O)C(O)/C=C/CC/C=C/CC/C=C/CCCCCCCCCCCCCCCCCCCCCCC. The molecule has 0 aliphatic carbocycles. The second-order valence-corrected chi connectivity index (χ2v) is 25.0.